The number of amides is 2. The molecule has 1 aromatic heterocycles. The normalized spacial score (nSPS) is 26.8. The molecule has 3 rings (SSSR count). The summed E-state index contributed by atoms with van der Waals surface area (Å²) >= 11 is 1.50. The number of rotatable bonds is 4. The average Bonchev–Trinajstić information content (AvgIpc) is 2.96. The fourth-order valence-electron chi connectivity index (χ4n) is 3.68. The molecule has 1 saturated heterocycles. The number of carbonyl (C=O) groups excluding carboxylic acids is 2. The van der Waals surface area contributed by atoms with Crippen LogP contribution in [0.15, 0.2) is 0 Å². The molecule has 0 bridgehead atoms. The summed E-state index contributed by atoms with van der Waals surface area (Å²) < 4.78 is 5.70. The monoisotopic (exact) mass is 338 g/mol. The van der Waals surface area contributed by atoms with E-state index in [9.17, 15) is 9.59 Å². The summed E-state index contributed by atoms with van der Waals surface area (Å²) in [5.74, 6) is -0.510. The van der Waals surface area contributed by atoms with Gasteiger partial charge in [0.15, 0.2) is 6.54 Å². The van der Waals surface area contributed by atoms with Crippen LogP contribution in [0.2, 0.25) is 0 Å². The van der Waals surface area contributed by atoms with Crippen LogP contribution < -0.4 is 16.0 Å². The number of aryl methyl sites for hydroxylation is 1. The SMILES string of the molecule is C[C@@H]1C[NH+](CC(=O)Nc2sc3c(c2C(N)=O)CCC3)C[C@H](C)O1. The van der Waals surface area contributed by atoms with Crippen LogP contribution in [0.25, 0.3) is 0 Å². The minimum atomic E-state index is -0.444. The van der Waals surface area contributed by atoms with Crippen LogP contribution in [0.1, 0.15) is 41.1 Å². The lowest BCUT2D eigenvalue weighted by Crippen LogP contribution is -3.16. The van der Waals surface area contributed by atoms with Crippen molar-refractivity contribution in [3.63, 3.8) is 0 Å². The number of morpholine rings is 1. The summed E-state index contributed by atoms with van der Waals surface area (Å²) in [7, 11) is 0. The summed E-state index contributed by atoms with van der Waals surface area (Å²) in [4.78, 5) is 26.5. The second-order valence-corrected chi connectivity index (χ2v) is 7.67. The van der Waals surface area contributed by atoms with Gasteiger partial charge in [-0.15, -0.1) is 11.3 Å². The molecule has 1 unspecified atom stereocenters. The molecule has 1 aliphatic heterocycles. The molecule has 4 N–H and O–H groups in total. The molecule has 0 radical (unpaired) electrons. The van der Waals surface area contributed by atoms with Crippen LogP contribution >= 0.6 is 11.3 Å². The largest absolute Gasteiger partial charge is 0.365 e. The van der Waals surface area contributed by atoms with Crippen molar-refractivity contribution in [1.82, 2.24) is 0 Å². The molecular formula is C16H24N3O3S+. The van der Waals surface area contributed by atoms with E-state index in [0.717, 1.165) is 37.9 Å². The van der Waals surface area contributed by atoms with E-state index in [2.05, 4.69) is 5.32 Å². The Hall–Kier alpha value is -1.44. The second-order valence-electron chi connectivity index (χ2n) is 6.57. The number of anilines is 1. The molecule has 7 heteroatoms. The van der Waals surface area contributed by atoms with Gasteiger partial charge in [-0.2, -0.15) is 0 Å². The quantitative estimate of drug-likeness (QED) is 0.720. The maximum atomic E-state index is 12.4. The second kappa shape index (κ2) is 6.59. The van der Waals surface area contributed by atoms with Gasteiger partial charge < -0.3 is 20.7 Å². The third-order valence-electron chi connectivity index (χ3n) is 4.45. The van der Waals surface area contributed by atoms with E-state index in [1.807, 2.05) is 13.8 Å². The number of nitrogens with one attached hydrogen (secondary N) is 2. The first-order valence-electron chi connectivity index (χ1n) is 8.17. The smallest absolute Gasteiger partial charge is 0.280 e. The number of primary amides is 1. The van der Waals surface area contributed by atoms with Crippen LogP contribution in [0, 0.1) is 0 Å². The highest BCUT2D eigenvalue weighted by Crippen LogP contribution is 2.38. The first-order valence-corrected chi connectivity index (χ1v) is 8.99. The van der Waals surface area contributed by atoms with Gasteiger partial charge in [-0.25, -0.2) is 0 Å². The van der Waals surface area contributed by atoms with E-state index < -0.39 is 5.91 Å². The highest BCUT2D eigenvalue weighted by Gasteiger charge is 2.29. The van der Waals surface area contributed by atoms with Crippen molar-refractivity contribution in [2.24, 2.45) is 5.73 Å². The summed E-state index contributed by atoms with van der Waals surface area (Å²) in [6.07, 6.45) is 3.23. The Morgan fingerprint density at radius 1 is 1.30 bits per heavy atom. The van der Waals surface area contributed by atoms with E-state index in [1.165, 1.54) is 21.1 Å². The minimum Gasteiger partial charge on any atom is -0.365 e. The number of nitrogens with two attached hydrogens (primary N) is 1. The van der Waals surface area contributed by atoms with E-state index in [1.54, 1.807) is 0 Å². The van der Waals surface area contributed by atoms with Gasteiger partial charge in [0.2, 0.25) is 0 Å². The van der Waals surface area contributed by atoms with Gasteiger partial charge in [-0.1, -0.05) is 0 Å². The molecule has 6 nitrogen and oxygen atoms in total. The molecule has 1 aromatic rings. The zero-order valence-corrected chi connectivity index (χ0v) is 14.4. The fourth-order valence-corrected chi connectivity index (χ4v) is 5.00. The number of hydrogen-bond donors (Lipinski definition) is 3. The van der Waals surface area contributed by atoms with Gasteiger partial charge in [-0.3, -0.25) is 9.59 Å². The highest BCUT2D eigenvalue weighted by atomic mass is 32.1. The van der Waals surface area contributed by atoms with Crippen molar-refractivity contribution < 1.29 is 19.2 Å². The zero-order valence-electron chi connectivity index (χ0n) is 13.6. The molecular weight excluding hydrogens is 314 g/mol. The Balaban J connectivity index is 1.68. The molecule has 1 fully saturated rings. The van der Waals surface area contributed by atoms with Crippen molar-refractivity contribution in [3.8, 4) is 0 Å². The molecule has 0 aromatic carbocycles. The summed E-state index contributed by atoms with van der Waals surface area (Å²) in [6.45, 7) is 6.09. The first kappa shape index (κ1) is 16.4. The van der Waals surface area contributed by atoms with E-state index in [0.29, 0.717) is 17.1 Å². The lowest BCUT2D eigenvalue weighted by atomic mass is 10.1. The Bertz CT molecular complexity index is 618. The van der Waals surface area contributed by atoms with Crippen LogP contribution in [-0.4, -0.2) is 43.7 Å². The van der Waals surface area contributed by atoms with Gasteiger partial charge in [0, 0.05) is 4.88 Å². The molecule has 2 amide bonds. The number of carbonyl (C=O) groups is 2. The maximum Gasteiger partial charge on any atom is 0.280 e. The predicted octanol–water partition coefficient (Wildman–Crippen LogP) is -0.0337. The lowest BCUT2D eigenvalue weighted by Gasteiger charge is -2.31. The Labute approximate surface area is 140 Å². The summed E-state index contributed by atoms with van der Waals surface area (Å²) in [6, 6.07) is 0. The van der Waals surface area contributed by atoms with Crippen molar-refractivity contribution in [2.75, 3.05) is 25.0 Å². The van der Waals surface area contributed by atoms with E-state index in [-0.39, 0.29) is 18.1 Å². The third-order valence-corrected chi connectivity index (χ3v) is 5.66. The Morgan fingerprint density at radius 3 is 2.65 bits per heavy atom. The van der Waals surface area contributed by atoms with Gasteiger partial charge in [0.1, 0.15) is 30.3 Å². The predicted molar refractivity (Wildman–Crippen MR) is 89.1 cm³/mol. The van der Waals surface area contributed by atoms with Crippen LogP contribution in [0.5, 0.6) is 0 Å². The molecule has 0 spiro atoms. The van der Waals surface area contributed by atoms with Crippen LogP contribution in [0.4, 0.5) is 5.00 Å². The first-order chi connectivity index (χ1) is 10.9. The zero-order chi connectivity index (χ0) is 16.6. The summed E-state index contributed by atoms with van der Waals surface area (Å²) in [5, 5.41) is 3.54. The molecule has 2 aliphatic rings. The third kappa shape index (κ3) is 3.57. The minimum absolute atomic E-state index is 0.0660. The molecule has 23 heavy (non-hydrogen) atoms. The maximum absolute atomic E-state index is 12.4. The molecule has 0 saturated carbocycles. The van der Waals surface area contributed by atoms with Gasteiger partial charge in [0.05, 0.1) is 5.56 Å². The van der Waals surface area contributed by atoms with E-state index >= 15 is 0 Å². The Morgan fingerprint density at radius 2 is 2.00 bits per heavy atom. The van der Waals surface area contributed by atoms with Crippen molar-refractivity contribution >= 4 is 28.2 Å². The van der Waals surface area contributed by atoms with Crippen molar-refractivity contribution in [3.05, 3.63) is 16.0 Å². The number of hydrogen-bond acceptors (Lipinski definition) is 4. The van der Waals surface area contributed by atoms with E-state index in [4.69, 9.17) is 10.5 Å². The number of thiophene rings is 1. The van der Waals surface area contributed by atoms with Gasteiger partial charge in [-0.05, 0) is 38.7 Å². The van der Waals surface area contributed by atoms with Crippen molar-refractivity contribution in [2.45, 2.75) is 45.3 Å². The number of ether oxygens (including phenoxy) is 1. The van der Waals surface area contributed by atoms with Gasteiger partial charge in [0.25, 0.3) is 11.8 Å². The van der Waals surface area contributed by atoms with Crippen LogP contribution in [0.3, 0.4) is 0 Å². The average molecular weight is 338 g/mol. The molecule has 2 heterocycles. The molecule has 3 atom stereocenters. The Kier molecular flexibility index (Phi) is 4.70. The standard InChI is InChI=1S/C16H23N3O3S/c1-9-6-19(7-10(2)22-9)8-13(20)18-16-14(15(17)21)11-4-3-5-12(11)23-16/h9-10H,3-8H2,1-2H3,(H2,17,21)(H,18,20)/p+1/t9-,10+. The summed E-state index contributed by atoms with van der Waals surface area (Å²) in [5.41, 5.74) is 7.09. The topological polar surface area (TPSA) is 85.9 Å². The number of fused-ring (bicyclic) bond motifs is 1. The highest BCUT2D eigenvalue weighted by molar-refractivity contribution is 7.17. The molecule has 1 aliphatic carbocycles. The van der Waals surface area contributed by atoms with Gasteiger partial charge >= 0.3 is 0 Å². The fraction of sp³-hybridized carbons (Fsp3) is 0.625. The van der Waals surface area contributed by atoms with Crippen molar-refractivity contribution in [1.29, 1.82) is 0 Å². The molecule has 126 valence electrons. The number of quaternary nitrogens is 1. The van der Waals surface area contributed by atoms with Crippen LogP contribution in [-0.2, 0) is 22.4 Å². The lowest BCUT2D eigenvalue weighted by molar-refractivity contribution is -0.907.